The zero-order valence-corrected chi connectivity index (χ0v) is 16.0. The number of H-pyrrole nitrogens is 1. The maximum Gasteiger partial charge on any atom is 0.271 e. The first-order valence-electron chi connectivity index (χ1n) is 8.26. The molecule has 0 bridgehead atoms. The van der Waals surface area contributed by atoms with Crippen molar-refractivity contribution >= 4 is 29.1 Å². The Morgan fingerprint density at radius 1 is 1.31 bits per heavy atom. The minimum absolute atomic E-state index is 0.0541. The van der Waals surface area contributed by atoms with Gasteiger partial charge in [-0.3, -0.25) is 9.89 Å². The molecule has 0 saturated heterocycles. The number of carbonyl (C=O) groups is 1. The van der Waals surface area contributed by atoms with Crippen LogP contribution in [0.2, 0.25) is 10.0 Å². The molecule has 0 aliphatic heterocycles. The van der Waals surface area contributed by atoms with Gasteiger partial charge < -0.3 is 9.32 Å². The van der Waals surface area contributed by atoms with Crippen molar-refractivity contribution in [1.29, 1.82) is 0 Å². The van der Waals surface area contributed by atoms with Gasteiger partial charge in [0, 0.05) is 30.1 Å². The second kappa shape index (κ2) is 7.98. The topological polar surface area (TPSA) is 62.1 Å². The molecule has 1 unspecified atom stereocenters. The molecule has 26 heavy (non-hydrogen) atoms. The molecule has 0 spiro atoms. The van der Waals surface area contributed by atoms with Crippen LogP contribution in [0.3, 0.4) is 0 Å². The maximum absolute atomic E-state index is 12.7. The highest BCUT2D eigenvalue weighted by atomic mass is 35.5. The summed E-state index contributed by atoms with van der Waals surface area (Å²) in [6, 6.07) is 10.7. The van der Waals surface area contributed by atoms with Crippen molar-refractivity contribution in [3.63, 3.8) is 0 Å². The lowest BCUT2D eigenvalue weighted by Gasteiger charge is -2.24. The SMILES string of the molecule is CC(CCc1ccco1)N(C)C(=O)c1cc(-c2ccc(Cl)cc2Cl)n[nH]1. The molecule has 1 N–H and O–H groups in total. The Bertz CT molecular complexity index is 890. The summed E-state index contributed by atoms with van der Waals surface area (Å²) in [6.07, 6.45) is 3.24. The third-order valence-electron chi connectivity index (χ3n) is 4.39. The number of amides is 1. The summed E-state index contributed by atoms with van der Waals surface area (Å²) in [5.74, 6) is 0.791. The van der Waals surface area contributed by atoms with Crippen LogP contribution in [-0.2, 0) is 6.42 Å². The van der Waals surface area contributed by atoms with E-state index in [4.69, 9.17) is 27.6 Å². The molecule has 3 aromatic rings. The van der Waals surface area contributed by atoms with Crippen LogP contribution in [0.4, 0.5) is 0 Å². The quantitative estimate of drug-likeness (QED) is 0.637. The lowest BCUT2D eigenvalue weighted by atomic mass is 10.1. The van der Waals surface area contributed by atoms with Gasteiger partial charge in [-0.2, -0.15) is 5.10 Å². The van der Waals surface area contributed by atoms with Crippen LogP contribution in [0.25, 0.3) is 11.3 Å². The minimum atomic E-state index is -0.124. The fourth-order valence-corrected chi connectivity index (χ4v) is 3.16. The standard InChI is InChI=1S/C19H19Cl2N3O2/c1-12(5-7-14-4-3-9-26-14)24(2)19(25)18-11-17(22-23-18)15-8-6-13(20)10-16(15)21/h3-4,6,8-12H,5,7H2,1-2H3,(H,22,23). The number of nitrogens with zero attached hydrogens (tertiary/aromatic N) is 2. The fourth-order valence-electron chi connectivity index (χ4n) is 2.66. The van der Waals surface area contributed by atoms with Crippen molar-refractivity contribution in [2.75, 3.05) is 7.05 Å². The van der Waals surface area contributed by atoms with E-state index in [1.54, 1.807) is 42.5 Å². The highest BCUT2D eigenvalue weighted by molar-refractivity contribution is 6.36. The summed E-state index contributed by atoms with van der Waals surface area (Å²) in [4.78, 5) is 14.4. The molecule has 3 rings (SSSR count). The third kappa shape index (κ3) is 4.11. The Morgan fingerprint density at radius 3 is 2.81 bits per heavy atom. The number of hydrogen-bond acceptors (Lipinski definition) is 3. The van der Waals surface area contributed by atoms with E-state index < -0.39 is 0 Å². The zero-order chi connectivity index (χ0) is 18.7. The molecule has 136 valence electrons. The van der Waals surface area contributed by atoms with Crippen molar-refractivity contribution in [2.24, 2.45) is 0 Å². The molecule has 2 aromatic heterocycles. The van der Waals surface area contributed by atoms with Crippen LogP contribution in [0.1, 0.15) is 29.6 Å². The van der Waals surface area contributed by atoms with Gasteiger partial charge in [0.05, 0.1) is 17.0 Å². The Morgan fingerprint density at radius 2 is 2.12 bits per heavy atom. The highest BCUT2D eigenvalue weighted by Crippen LogP contribution is 2.29. The number of aromatic nitrogens is 2. The fraction of sp³-hybridized carbons (Fsp3) is 0.263. The first kappa shape index (κ1) is 18.5. The molecule has 1 aromatic carbocycles. The zero-order valence-electron chi connectivity index (χ0n) is 14.5. The molecular formula is C19H19Cl2N3O2. The lowest BCUT2D eigenvalue weighted by Crippen LogP contribution is -2.35. The van der Waals surface area contributed by atoms with E-state index in [0.29, 0.717) is 21.4 Å². The highest BCUT2D eigenvalue weighted by Gasteiger charge is 2.20. The predicted molar refractivity (Wildman–Crippen MR) is 103 cm³/mol. The van der Waals surface area contributed by atoms with Gasteiger partial charge in [-0.05, 0) is 49.7 Å². The number of aromatic amines is 1. The van der Waals surface area contributed by atoms with Gasteiger partial charge in [0.15, 0.2) is 0 Å². The van der Waals surface area contributed by atoms with Crippen molar-refractivity contribution in [3.8, 4) is 11.3 Å². The van der Waals surface area contributed by atoms with E-state index in [9.17, 15) is 4.79 Å². The van der Waals surface area contributed by atoms with E-state index in [1.807, 2.05) is 19.1 Å². The molecule has 5 nitrogen and oxygen atoms in total. The number of furan rings is 1. The van der Waals surface area contributed by atoms with Crippen LogP contribution in [-0.4, -0.2) is 34.1 Å². The molecule has 2 heterocycles. The summed E-state index contributed by atoms with van der Waals surface area (Å²) in [5, 5.41) is 8.05. The van der Waals surface area contributed by atoms with Gasteiger partial charge in [0.1, 0.15) is 11.5 Å². The molecule has 0 radical (unpaired) electrons. The lowest BCUT2D eigenvalue weighted by molar-refractivity contribution is 0.0730. The van der Waals surface area contributed by atoms with Gasteiger partial charge in [0.2, 0.25) is 0 Å². The Hall–Kier alpha value is -2.24. The van der Waals surface area contributed by atoms with E-state index in [0.717, 1.165) is 24.2 Å². The van der Waals surface area contributed by atoms with Gasteiger partial charge in [-0.1, -0.05) is 23.2 Å². The number of aryl methyl sites for hydroxylation is 1. The number of benzene rings is 1. The second-order valence-electron chi connectivity index (χ2n) is 6.17. The number of carbonyl (C=O) groups excluding carboxylic acids is 1. The van der Waals surface area contributed by atoms with Crippen LogP contribution in [0.5, 0.6) is 0 Å². The van der Waals surface area contributed by atoms with Crippen molar-refractivity contribution in [1.82, 2.24) is 15.1 Å². The molecule has 7 heteroatoms. The average Bonchev–Trinajstić information content (AvgIpc) is 3.30. The van der Waals surface area contributed by atoms with E-state index >= 15 is 0 Å². The monoisotopic (exact) mass is 391 g/mol. The molecule has 0 aliphatic rings. The number of hydrogen-bond donors (Lipinski definition) is 1. The van der Waals surface area contributed by atoms with E-state index in [2.05, 4.69) is 10.2 Å². The van der Waals surface area contributed by atoms with Crippen LogP contribution < -0.4 is 0 Å². The number of rotatable bonds is 6. The largest absolute Gasteiger partial charge is 0.469 e. The van der Waals surface area contributed by atoms with E-state index in [1.165, 1.54) is 0 Å². The summed E-state index contributed by atoms with van der Waals surface area (Å²) < 4.78 is 5.34. The Labute approximate surface area is 161 Å². The third-order valence-corrected chi connectivity index (χ3v) is 4.93. The summed E-state index contributed by atoms with van der Waals surface area (Å²) in [7, 11) is 1.78. The first-order chi connectivity index (χ1) is 12.5. The van der Waals surface area contributed by atoms with Crippen molar-refractivity contribution in [2.45, 2.75) is 25.8 Å². The van der Waals surface area contributed by atoms with E-state index in [-0.39, 0.29) is 11.9 Å². The number of halogens is 2. The summed E-state index contributed by atoms with van der Waals surface area (Å²) in [5.41, 5.74) is 1.74. The predicted octanol–water partition coefficient (Wildman–Crippen LogP) is 5.07. The van der Waals surface area contributed by atoms with Crippen molar-refractivity contribution < 1.29 is 9.21 Å². The smallest absolute Gasteiger partial charge is 0.271 e. The molecular weight excluding hydrogens is 373 g/mol. The van der Waals surface area contributed by atoms with Gasteiger partial charge in [-0.25, -0.2) is 0 Å². The van der Waals surface area contributed by atoms with Gasteiger partial charge >= 0.3 is 0 Å². The summed E-state index contributed by atoms with van der Waals surface area (Å²) >= 11 is 12.1. The Balaban J connectivity index is 1.68. The summed E-state index contributed by atoms with van der Waals surface area (Å²) in [6.45, 7) is 2.01. The van der Waals surface area contributed by atoms with Crippen LogP contribution >= 0.6 is 23.2 Å². The minimum Gasteiger partial charge on any atom is -0.469 e. The molecule has 1 amide bonds. The Kier molecular flexibility index (Phi) is 5.69. The van der Waals surface area contributed by atoms with Crippen molar-refractivity contribution in [3.05, 3.63) is 64.2 Å². The molecule has 0 aliphatic carbocycles. The molecule has 1 atom stereocenters. The van der Waals surface area contributed by atoms with Crippen LogP contribution in [0.15, 0.2) is 47.1 Å². The molecule has 0 fully saturated rings. The van der Waals surface area contributed by atoms with Crippen LogP contribution in [0, 0.1) is 0 Å². The second-order valence-corrected chi connectivity index (χ2v) is 7.02. The average molecular weight is 392 g/mol. The molecule has 0 saturated carbocycles. The normalized spacial score (nSPS) is 12.2. The first-order valence-corrected chi connectivity index (χ1v) is 9.01. The maximum atomic E-state index is 12.7. The number of nitrogens with one attached hydrogen (secondary N) is 1. The van der Waals surface area contributed by atoms with Gasteiger partial charge in [-0.15, -0.1) is 0 Å². The van der Waals surface area contributed by atoms with Gasteiger partial charge in [0.25, 0.3) is 5.91 Å².